The largest absolute Gasteiger partial charge is 0.238 e. The molecule has 94 valence electrons. The number of aryl methyl sites for hydroxylation is 1. The minimum atomic E-state index is 1.21. The molecule has 1 aromatic heterocycles. The lowest BCUT2D eigenvalue weighted by Crippen LogP contribution is -2.39. The van der Waals surface area contributed by atoms with Crippen molar-refractivity contribution in [3.8, 4) is 16.9 Å². The lowest BCUT2D eigenvalue weighted by Gasteiger charge is -2.04. The van der Waals surface area contributed by atoms with Gasteiger partial charge in [-0.05, 0) is 30.7 Å². The van der Waals surface area contributed by atoms with Crippen molar-refractivity contribution in [1.82, 2.24) is 4.68 Å². The van der Waals surface area contributed by atoms with Crippen LogP contribution in [0.5, 0.6) is 0 Å². The number of para-hydroxylation sites is 1. The maximum atomic E-state index is 2.18. The standard InChI is InChI=1S/C17H17N2/c1-14-8-6-7-11-16(14)19-13-12-17(18(19)2)15-9-4-3-5-10-15/h3-13H,1-2H3/q+1. The van der Waals surface area contributed by atoms with Crippen LogP contribution < -0.4 is 4.68 Å². The molecule has 2 aromatic carbocycles. The molecule has 19 heavy (non-hydrogen) atoms. The molecule has 3 rings (SSSR count). The zero-order valence-corrected chi connectivity index (χ0v) is 11.2. The SMILES string of the molecule is Cc1ccccc1-n1ccc(-c2ccccc2)[n+]1C. The molecule has 0 saturated carbocycles. The Morgan fingerprint density at radius 1 is 0.842 bits per heavy atom. The summed E-state index contributed by atoms with van der Waals surface area (Å²) in [6.45, 7) is 2.14. The zero-order chi connectivity index (χ0) is 13.2. The summed E-state index contributed by atoms with van der Waals surface area (Å²) in [5.41, 5.74) is 4.93. The fraction of sp³-hybridized carbons (Fsp3) is 0.118. The van der Waals surface area contributed by atoms with E-state index in [9.17, 15) is 0 Å². The van der Waals surface area contributed by atoms with Crippen molar-refractivity contribution >= 4 is 0 Å². The molecule has 0 spiro atoms. The van der Waals surface area contributed by atoms with E-state index in [-0.39, 0.29) is 0 Å². The Morgan fingerprint density at radius 3 is 2.26 bits per heavy atom. The van der Waals surface area contributed by atoms with Crippen LogP contribution in [0.4, 0.5) is 0 Å². The molecule has 0 aliphatic rings. The lowest BCUT2D eigenvalue weighted by molar-refractivity contribution is -0.734. The number of hydrogen-bond donors (Lipinski definition) is 0. The van der Waals surface area contributed by atoms with Crippen molar-refractivity contribution < 1.29 is 4.68 Å². The second-order valence-electron chi connectivity index (χ2n) is 4.72. The van der Waals surface area contributed by atoms with Gasteiger partial charge >= 0.3 is 0 Å². The summed E-state index contributed by atoms with van der Waals surface area (Å²) in [4.78, 5) is 0. The van der Waals surface area contributed by atoms with Gasteiger partial charge in [-0.15, -0.1) is 9.36 Å². The first-order valence-electron chi connectivity index (χ1n) is 6.46. The van der Waals surface area contributed by atoms with Crippen molar-refractivity contribution in [3.63, 3.8) is 0 Å². The summed E-state index contributed by atoms with van der Waals surface area (Å²) in [5, 5.41) is 0. The van der Waals surface area contributed by atoms with Gasteiger partial charge in [0, 0.05) is 11.6 Å². The van der Waals surface area contributed by atoms with E-state index in [0.717, 1.165) is 0 Å². The van der Waals surface area contributed by atoms with Crippen LogP contribution in [0.25, 0.3) is 16.9 Å². The molecule has 0 saturated heterocycles. The normalized spacial score (nSPS) is 10.6. The topological polar surface area (TPSA) is 8.81 Å². The highest BCUT2D eigenvalue weighted by Gasteiger charge is 2.16. The van der Waals surface area contributed by atoms with Crippen molar-refractivity contribution in [1.29, 1.82) is 0 Å². The molecule has 0 amide bonds. The first-order chi connectivity index (χ1) is 9.27. The first kappa shape index (κ1) is 11.7. The van der Waals surface area contributed by atoms with Gasteiger partial charge < -0.3 is 0 Å². The molecule has 0 aliphatic carbocycles. The smallest absolute Gasteiger partial charge is 0.128 e. The minimum absolute atomic E-state index is 1.21. The number of aromatic nitrogens is 2. The Kier molecular flexibility index (Phi) is 2.92. The van der Waals surface area contributed by atoms with E-state index in [2.05, 4.69) is 84.1 Å². The van der Waals surface area contributed by atoms with E-state index in [4.69, 9.17) is 0 Å². The summed E-state index contributed by atoms with van der Waals surface area (Å²) in [6, 6.07) is 21.0. The summed E-state index contributed by atoms with van der Waals surface area (Å²) in [5.74, 6) is 0. The van der Waals surface area contributed by atoms with Gasteiger partial charge in [-0.3, -0.25) is 0 Å². The quantitative estimate of drug-likeness (QED) is 0.616. The van der Waals surface area contributed by atoms with E-state index in [1.807, 2.05) is 6.07 Å². The maximum absolute atomic E-state index is 2.18. The molecule has 0 N–H and O–H groups in total. The molecule has 0 aliphatic heterocycles. The molecule has 0 bridgehead atoms. The van der Waals surface area contributed by atoms with E-state index in [0.29, 0.717) is 0 Å². The third-order valence-corrected chi connectivity index (χ3v) is 3.48. The second-order valence-corrected chi connectivity index (χ2v) is 4.72. The number of rotatable bonds is 2. The minimum Gasteiger partial charge on any atom is -0.128 e. The third kappa shape index (κ3) is 2.06. The van der Waals surface area contributed by atoms with E-state index < -0.39 is 0 Å². The Bertz CT molecular complexity index is 696. The van der Waals surface area contributed by atoms with E-state index in [1.54, 1.807) is 0 Å². The van der Waals surface area contributed by atoms with Crippen molar-refractivity contribution in [2.24, 2.45) is 7.05 Å². The van der Waals surface area contributed by atoms with Gasteiger partial charge in [0.15, 0.2) is 7.05 Å². The predicted octanol–water partition coefficient (Wildman–Crippen LogP) is 3.28. The Morgan fingerprint density at radius 2 is 1.53 bits per heavy atom. The maximum Gasteiger partial charge on any atom is 0.238 e. The van der Waals surface area contributed by atoms with Crippen LogP contribution in [0.3, 0.4) is 0 Å². The molecule has 0 atom stereocenters. The summed E-state index contributed by atoms with van der Waals surface area (Å²) >= 11 is 0. The highest BCUT2D eigenvalue weighted by Crippen LogP contribution is 2.17. The first-order valence-corrected chi connectivity index (χ1v) is 6.46. The third-order valence-electron chi connectivity index (χ3n) is 3.48. The van der Waals surface area contributed by atoms with Crippen LogP contribution in [0.1, 0.15) is 5.56 Å². The van der Waals surface area contributed by atoms with E-state index in [1.165, 1.54) is 22.5 Å². The molecular weight excluding hydrogens is 232 g/mol. The van der Waals surface area contributed by atoms with Crippen LogP contribution >= 0.6 is 0 Å². The Labute approximate surface area is 113 Å². The monoisotopic (exact) mass is 249 g/mol. The molecular formula is C17H17N2+. The van der Waals surface area contributed by atoms with Crippen molar-refractivity contribution in [3.05, 3.63) is 72.4 Å². The van der Waals surface area contributed by atoms with Gasteiger partial charge in [0.05, 0.1) is 6.20 Å². The van der Waals surface area contributed by atoms with E-state index >= 15 is 0 Å². The molecule has 0 unspecified atom stereocenters. The molecule has 1 heterocycles. The molecule has 0 radical (unpaired) electrons. The molecule has 2 nitrogen and oxygen atoms in total. The lowest BCUT2D eigenvalue weighted by atomic mass is 10.2. The van der Waals surface area contributed by atoms with Crippen LogP contribution in [-0.4, -0.2) is 4.68 Å². The fourth-order valence-electron chi connectivity index (χ4n) is 2.42. The van der Waals surface area contributed by atoms with Crippen LogP contribution in [0.15, 0.2) is 66.9 Å². The number of benzene rings is 2. The fourth-order valence-corrected chi connectivity index (χ4v) is 2.42. The van der Waals surface area contributed by atoms with Crippen LogP contribution in [-0.2, 0) is 7.05 Å². The Hall–Kier alpha value is -2.35. The highest BCUT2D eigenvalue weighted by atomic mass is 15.4. The average molecular weight is 249 g/mol. The number of nitrogens with zero attached hydrogens (tertiary/aromatic N) is 2. The van der Waals surface area contributed by atoms with Crippen molar-refractivity contribution in [2.45, 2.75) is 6.92 Å². The second kappa shape index (κ2) is 4.73. The highest BCUT2D eigenvalue weighted by molar-refractivity contribution is 5.55. The molecule has 2 heteroatoms. The van der Waals surface area contributed by atoms with Crippen LogP contribution in [0, 0.1) is 6.92 Å². The summed E-state index contributed by atoms with van der Waals surface area (Å²) in [7, 11) is 2.09. The van der Waals surface area contributed by atoms with Crippen molar-refractivity contribution in [2.75, 3.05) is 0 Å². The Balaban J connectivity index is 2.12. The van der Waals surface area contributed by atoms with Gasteiger partial charge in [-0.25, -0.2) is 0 Å². The molecule has 3 aromatic rings. The van der Waals surface area contributed by atoms with Gasteiger partial charge in [-0.2, -0.15) is 0 Å². The van der Waals surface area contributed by atoms with Gasteiger partial charge in [-0.1, -0.05) is 36.4 Å². The van der Waals surface area contributed by atoms with Gasteiger partial charge in [0.25, 0.3) is 0 Å². The predicted molar refractivity (Wildman–Crippen MR) is 77.1 cm³/mol. The van der Waals surface area contributed by atoms with Crippen LogP contribution in [0.2, 0.25) is 0 Å². The average Bonchev–Trinajstić information content (AvgIpc) is 2.82. The number of hydrogen-bond acceptors (Lipinski definition) is 0. The summed E-state index contributed by atoms with van der Waals surface area (Å²) in [6.07, 6.45) is 2.12. The summed E-state index contributed by atoms with van der Waals surface area (Å²) < 4.78 is 4.36. The van der Waals surface area contributed by atoms with Gasteiger partial charge in [0.2, 0.25) is 5.69 Å². The zero-order valence-electron chi connectivity index (χ0n) is 11.2. The van der Waals surface area contributed by atoms with Gasteiger partial charge in [0.1, 0.15) is 5.69 Å². The molecule has 0 fully saturated rings.